The van der Waals surface area contributed by atoms with Crippen molar-refractivity contribution >= 4 is 5.91 Å². The molecule has 0 aromatic heterocycles. The Morgan fingerprint density at radius 2 is 1.86 bits per heavy atom. The molecule has 1 saturated heterocycles. The Bertz CT molecular complexity index is 643. The molecular weight excluding hydrogens is 276 g/mol. The first-order chi connectivity index (χ1) is 10.7. The molecule has 2 N–H and O–H groups in total. The molecule has 1 heterocycles. The minimum Gasteiger partial charge on any atom is -0.457 e. The van der Waals surface area contributed by atoms with Gasteiger partial charge in [0.25, 0.3) is 5.91 Å². The number of likely N-dealkylation sites (tertiary alicyclic amines) is 1. The molecule has 114 valence electrons. The first kappa shape index (κ1) is 14.6. The van der Waals surface area contributed by atoms with E-state index in [2.05, 4.69) is 0 Å². The summed E-state index contributed by atoms with van der Waals surface area (Å²) in [6.45, 7) is 1.40. The predicted molar refractivity (Wildman–Crippen MR) is 86.1 cm³/mol. The molecule has 1 fully saturated rings. The van der Waals surface area contributed by atoms with Crippen molar-refractivity contribution in [1.29, 1.82) is 0 Å². The Hall–Kier alpha value is -2.33. The summed E-state index contributed by atoms with van der Waals surface area (Å²) in [4.78, 5) is 14.4. The molecule has 1 atom stereocenters. The molecule has 0 aliphatic carbocycles. The number of hydrogen-bond acceptors (Lipinski definition) is 3. The topological polar surface area (TPSA) is 55.6 Å². The van der Waals surface area contributed by atoms with Gasteiger partial charge in [-0.1, -0.05) is 24.3 Å². The van der Waals surface area contributed by atoms with Gasteiger partial charge in [-0.15, -0.1) is 0 Å². The zero-order valence-electron chi connectivity index (χ0n) is 12.4. The van der Waals surface area contributed by atoms with Crippen LogP contribution in [0.2, 0.25) is 0 Å². The number of amides is 1. The Morgan fingerprint density at radius 1 is 1.09 bits per heavy atom. The number of nitrogens with two attached hydrogens (primary N) is 1. The molecule has 1 unspecified atom stereocenters. The molecule has 1 amide bonds. The summed E-state index contributed by atoms with van der Waals surface area (Å²) in [5.74, 6) is 1.44. The SMILES string of the molecule is NC1CCCN(C(=O)c2cccc(Oc3ccccc3)c2)C1. The fourth-order valence-electron chi connectivity index (χ4n) is 2.69. The van der Waals surface area contributed by atoms with Crippen LogP contribution in [-0.2, 0) is 0 Å². The van der Waals surface area contributed by atoms with Crippen LogP contribution in [0.4, 0.5) is 0 Å². The third-order valence-corrected chi connectivity index (χ3v) is 3.80. The minimum absolute atomic E-state index is 0.0219. The lowest BCUT2D eigenvalue weighted by Crippen LogP contribution is -2.45. The third-order valence-electron chi connectivity index (χ3n) is 3.80. The number of ether oxygens (including phenoxy) is 1. The van der Waals surface area contributed by atoms with Crippen molar-refractivity contribution in [2.24, 2.45) is 5.73 Å². The molecule has 1 aliphatic heterocycles. The summed E-state index contributed by atoms with van der Waals surface area (Å²) in [5, 5.41) is 0. The Balaban J connectivity index is 1.74. The van der Waals surface area contributed by atoms with E-state index in [4.69, 9.17) is 10.5 Å². The average Bonchev–Trinajstić information content (AvgIpc) is 2.55. The quantitative estimate of drug-likeness (QED) is 0.947. The third kappa shape index (κ3) is 3.46. The van der Waals surface area contributed by atoms with Crippen molar-refractivity contribution in [3.8, 4) is 11.5 Å². The highest BCUT2D eigenvalue weighted by Gasteiger charge is 2.22. The van der Waals surface area contributed by atoms with Crippen LogP contribution in [-0.4, -0.2) is 29.9 Å². The fourth-order valence-corrected chi connectivity index (χ4v) is 2.69. The zero-order chi connectivity index (χ0) is 15.4. The van der Waals surface area contributed by atoms with Crippen LogP contribution in [0.3, 0.4) is 0 Å². The van der Waals surface area contributed by atoms with Gasteiger partial charge in [-0.25, -0.2) is 0 Å². The van der Waals surface area contributed by atoms with E-state index in [1.165, 1.54) is 0 Å². The van der Waals surface area contributed by atoms with E-state index in [9.17, 15) is 4.79 Å². The molecular formula is C18H20N2O2. The summed E-state index contributed by atoms with van der Waals surface area (Å²) in [7, 11) is 0. The van der Waals surface area contributed by atoms with Crippen molar-refractivity contribution in [3.05, 3.63) is 60.2 Å². The molecule has 4 nitrogen and oxygen atoms in total. The van der Waals surface area contributed by atoms with Crippen molar-refractivity contribution in [3.63, 3.8) is 0 Å². The highest BCUT2D eigenvalue weighted by Crippen LogP contribution is 2.23. The molecule has 1 aliphatic rings. The van der Waals surface area contributed by atoms with Gasteiger partial charge in [0.15, 0.2) is 0 Å². The van der Waals surface area contributed by atoms with Gasteiger partial charge in [0.2, 0.25) is 0 Å². The number of nitrogens with zero attached hydrogens (tertiary/aromatic N) is 1. The van der Waals surface area contributed by atoms with Gasteiger partial charge in [-0.3, -0.25) is 4.79 Å². The maximum absolute atomic E-state index is 12.6. The van der Waals surface area contributed by atoms with Crippen molar-refractivity contribution in [1.82, 2.24) is 4.90 Å². The standard InChI is InChI=1S/C18H20N2O2/c19-15-7-5-11-20(13-15)18(21)14-6-4-10-17(12-14)22-16-8-2-1-3-9-16/h1-4,6,8-10,12,15H,5,7,11,13,19H2. The zero-order valence-corrected chi connectivity index (χ0v) is 12.4. The maximum atomic E-state index is 12.6. The van der Waals surface area contributed by atoms with Gasteiger partial charge in [0.05, 0.1) is 0 Å². The minimum atomic E-state index is 0.0219. The van der Waals surface area contributed by atoms with Crippen LogP contribution in [0, 0.1) is 0 Å². The van der Waals surface area contributed by atoms with E-state index < -0.39 is 0 Å². The summed E-state index contributed by atoms with van der Waals surface area (Å²) in [6.07, 6.45) is 1.95. The lowest BCUT2D eigenvalue weighted by molar-refractivity contribution is 0.0708. The number of piperidine rings is 1. The summed E-state index contributed by atoms with van der Waals surface area (Å²) in [6, 6.07) is 16.9. The number of carbonyl (C=O) groups excluding carboxylic acids is 1. The maximum Gasteiger partial charge on any atom is 0.254 e. The molecule has 0 spiro atoms. The van der Waals surface area contributed by atoms with Gasteiger partial charge in [-0.2, -0.15) is 0 Å². The molecule has 3 rings (SSSR count). The van der Waals surface area contributed by atoms with E-state index >= 15 is 0 Å². The van der Waals surface area contributed by atoms with Crippen molar-refractivity contribution in [2.45, 2.75) is 18.9 Å². The van der Waals surface area contributed by atoms with Gasteiger partial charge in [0.1, 0.15) is 11.5 Å². The number of hydrogen-bond donors (Lipinski definition) is 1. The second-order valence-corrected chi connectivity index (χ2v) is 5.60. The largest absolute Gasteiger partial charge is 0.457 e. The number of carbonyl (C=O) groups is 1. The van der Waals surface area contributed by atoms with E-state index in [-0.39, 0.29) is 11.9 Å². The number of para-hydroxylation sites is 1. The first-order valence-corrected chi connectivity index (χ1v) is 7.60. The molecule has 2 aromatic carbocycles. The van der Waals surface area contributed by atoms with E-state index in [0.29, 0.717) is 17.9 Å². The van der Waals surface area contributed by atoms with Crippen LogP contribution in [0.1, 0.15) is 23.2 Å². The molecule has 22 heavy (non-hydrogen) atoms. The van der Waals surface area contributed by atoms with Crippen LogP contribution in [0.25, 0.3) is 0 Å². The van der Waals surface area contributed by atoms with Gasteiger partial charge in [-0.05, 0) is 43.2 Å². The Morgan fingerprint density at radius 3 is 2.64 bits per heavy atom. The Kier molecular flexibility index (Phi) is 4.39. The van der Waals surface area contributed by atoms with Crippen molar-refractivity contribution < 1.29 is 9.53 Å². The normalized spacial score (nSPS) is 18.0. The second kappa shape index (κ2) is 6.62. The smallest absolute Gasteiger partial charge is 0.254 e. The Labute approximate surface area is 130 Å². The van der Waals surface area contributed by atoms with E-state index in [0.717, 1.165) is 25.1 Å². The van der Waals surface area contributed by atoms with Crippen LogP contribution in [0.5, 0.6) is 11.5 Å². The summed E-state index contributed by atoms with van der Waals surface area (Å²) >= 11 is 0. The molecule has 0 bridgehead atoms. The van der Waals surface area contributed by atoms with E-state index in [1.807, 2.05) is 53.4 Å². The van der Waals surface area contributed by atoms with Crippen LogP contribution >= 0.6 is 0 Å². The van der Waals surface area contributed by atoms with Gasteiger partial charge < -0.3 is 15.4 Å². The average molecular weight is 296 g/mol. The summed E-state index contributed by atoms with van der Waals surface area (Å²) in [5.41, 5.74) is 6.60. The lowest BCUT2D eigenvalue weighted by atomic mass is 10.1. The van der Waals surface area contributed by atoms with E-state index in [1.54, 1.807) is 6.07 Å². The lowest BCUT2D eigenvalue weighted by Gasteiger charge is -2.30. The van der Waals surface area contributed by atoms with Crippen LogP contribution < -0.4 is 10.5 Å². The first-order valence-electron chi connectivity index (χ1n) is 7.60. The molecule has 0 saturated carbocycles. The van der Waals surface area contributed by atoms with Gasteiger partial charge in [0, 0.05) is 24.7 Å². The number of benzene rings is 2. The van der Waals surface area contributed by atoms with Gasteiger partial charge >= 0.3 is 0 Å². The highest BCUT2D eigenvalue weighted by molar-refractivity contribution is 5.94. The molecule has 4 heteroatoms. The predicted octanol–water partition coefficient (Wildman–Crippen LogP) is 3.04. The van der Waals surface area contributed by atoms with Crippen LogP contribution in [0.15, 0.2) is 54.6 Å². The fraction of sp³-hybridized carbons (Fsp3) is 0.278. The number of rotatable bonds is 3. The van der Waals surface area contributed by atoms with Crippen molar-refractivity contribution in [2.75, 3.05) is 13.1 Å². The molecule has 0 radical (unpaired) electrons. The molecule has 2 aromatic rings. The monoisotopic (exact) mass is 296 g/mol. The highest BCUT2D eigenvalue weighted by atomic mass is 16.5. The second-order valence-electron chi connectivity index (χ2n) is 5.60. The summed E-state index contributed by atoms with van der Waals surface area (Å²) < 4.78 is 5.78.